The number of amides is 1. The standard InChI is InChI=1S/C20H31N3O2.2ClH/c1-25-17-9-7-16(8-10-17)18(23-13-5-2-6-14-23)15-22-19(24)20(21)11-3-4-12-20;;/h7-10,18H,2-6,11-15,21H2,1H3,(H,22,24);2*1H. The van der Waals surface area contributed by atoms with Crippen LogP contribution in [0.25, 0.3) is 0 Å². The van der Waals surface area contributed by atoms with Gasteiger partial charge < -0.3 is 15.8 Å². The lowest BCUT2D eigenvalue weighted by Gasteiger charge is -2.35. The van der Waals surface area contributed by atoms with Crippen molar-refractivity contribution >= 4 is 30.7 Å². The molecule has 0 spiro atoms. The van der Waals surface area contributed by atoms with E-state index in [0.29, 0.717) is 6.54 Å². The third-order valence-corrected chi connectivity index (χ3v) is 5.74. The Hall–Kier alpha value is -1.01. The van der Waals surface area contributed by atoms with Crippen LogP contribution in [0.15, 0.2) is 24.3 Å². The minimum Gasteiger partial charge on any atom is -0.497 e. The molecular formula is C20H33Cl2N3O2. The number of carbonyl (C=O) groups excluding carboxylic acids is 1. The lowest BCUT2D eigenvalue weighted by atomic mass is 9.97. The number of hydrogen-bond acceptors (Lipinski definition) is 4. The number of likely N-dealkylation sites (tertiary alicyclic amines) is 1. The van der Waals surface area contributed by atoms with Crippen molar-refractivity contribution in [1.29, 1.82) is 0 Å². The summed E-state index contributed by atoms with van der Waals surface area (Å²) in [5, 5.41) is 3.15. The second kappa shape index (κ2) is 11.1. The van der Waals surface area contributed by atoms with E-state index in [0.717, 1.165) is 44.5 Å². The van der Waals surface area contributed by atoms with E-state index in [4.69, 9.17) is 10.5 Å². The highest BCUT2D eigenvalue weighted by atomic mass is 35.5. The summed E-state index contributed by atoms with van der Waals surface area (Å²) in [5.41, 5.74) is 6.86. The van der Waals surface area contributed by atoms with E-state index in [9.17, 15) is 4.79 Å². The fourth-order valence-electron chi connectivity index (χ4n) is 4.11. The predicted octanol–water partition coefficient (Wildman–Crippen LogP) is 3.45. The molecule has 1 aliphatic carbocycles. The van der Waals surface area contributed by atoms with E-state index in [1.807, 2.05) is 12.1 Å². The Bertz CT molecular complexity index is 571. The zero-order valence-corrected chi connectivity index (χ0v) is 17.7. The number of carbonyl (C=O) groups is 1. The van der Waals surface area contributed by atoms with Gasteiger partial charge in [-0.15, -0.1) is 24.8 Å². The van der Waals surface area contributed by atoms with Crippen LogP contribution in [0.3, 0.4) is 0 Å². The highest BCUT2D eigenvalue weighted by Crippen LogP contribution is 2.29. The molecular weight excluding hydrogens is 385 g/mol. The topological polar surface area (TPSA) is 67.6 Å². The number of nitrogens with one attached hydrogen (secondary N) is 1. The number of ether oxygens (including phenoxy) is 1. The van der Waals surface area contributed by atoms with Crippen molar-refractivity contribution in [2.45, 2.75) is 56.5 Å². The fourth-order valence-corrected chi connectivity index (χ4v) is 4.11. The summed E-state index contributed by atoms with van der Waals surface area (Å²) in [7, 11) is 1.68. The highest BCUT2D eigenvalue weighted by Gasteiger charge is 2.37. The lowest BCUT2D eigenvalue weighted by molar-refractivity contribution is -0.126. The van der Waals surface area contributed by atoms with E-state index in [-0.39, 0.29) is 36.8 Å². The summed E-state index contributed by atoms with van der Waals surface area (Å²) < 4.78 is 5.27. The molecule has 1 heterocycles. The molecule has 3 rings (SSSR count). The van der Waals surface area contributed by atoms with Crippen LogP contribution in [0.5, 0.6) is 5.75 Å². The number of halogens is 2. The van der Waals surface area contributed by atoms with Crippen molar-refractivity contribution in [3.05, 3.63) is 29.8 Å². The zero-order valence-electron chi connectivity index (χ0n) is 16.1. The van der Waals surface area contributed by atoms with Crippen molar-refractivity contribution in [1.82, 2.24) is 10.2 Å². The zero-order chi connectivity index (χ0) is 17.7. The van der Waals surface area contributed by atoms with Gasteiger partial charge in [-0.3, -0.25) is 9.69 Å². The molecule has 0 radical (unpaired) electrons. The molecule has 5 nitrogen and oxygen atoms in total. The first-order valence-electron chi connectivity index (χ1n) is 9.57. The lowest BCUT2D eigenvalue weighted by Crippen LogP contribution is -2.53. The van der Waals surface area contributed by atoms with Gasteiger partial charge in [-0.1, -0.05) is 31.4 Å². The average Bonchev–Trinajstić information content (AvgIpc) is 3.11. The van der Waals surface area contributed by atoms with Gasteiger partial charge in [0.05, 0.1) is 18.7 Å². The second-order valence-electron chi connectivity index (χ2n) is 7.46. The Kier molecular flexibility index (Phi) is 9.88. The first-order chi connectivity index (χ1) is 12.1. The van der Waals surface area contributed by atoms with E-state index < -0.39 is 5.54 Å². The maximum atomic E-state index is 12.6. The normalized spacial score (nSPS) is 20.1. The fraction of sp³-hybridized carbons (Fsp3) is 0.650. The van der Waals surface area contributed by atoms with Gasteiger partial charge in [-0.05, 0) is 56.5 Å². The molecule has 1 saturated heterocycles. The van der Waals surface area contributed by atoms with Crippen LogP contribution >= 0.6 is 24.8 Å². The van der Waals surface area contributed by atoms with Crippen molar-refractivity contribution in [3.63, 3.8) is 0 Å². The molecule has 0 aromatic heterocycles. The average molecular weight is 418 g/mol. The van der Waals surface area contributed by atoms with Crippen molar-refractivity contribution in [3.8, 4) is 5.75 Å². The van der Waals surface area contributed by atoms with Crippen LogP contribution in [0.4, 0.5) is 0 Å². The minimum atomic E-state index is -0.660. The van der Waals surface area contributed by atoms with Crippen molar-refractivity contribution in [2.24, 2.45) is 5.73 Å². The molecule has 1 amide bonds. The smallest absolute Gasteiger partial charge is 0.240 e. The Morgan fingerprint density at radius 3 is 2.26 bits per heavy atom. The van der Waals surface area contributed by atoms with Crippen LogP contribution in [-0.2, 0) is 4.79 Å². The van der Waals surface area contributed by atoms with Gasteiger partial charge >= 0.3 is 0 Å². The van der Waals surface area contributed by atoms with Crippen LogP contribution in [-0.4, -0.2) is 43.1 Å². The summed E-state index contributed by atoms with van der Waals surface area (Å²) in [6.07, 6.45) is 7.45. The van der Waals surface area contributed by atoms with Crippen LogP contribution in [0.2, 0.25) is 0 Å². The van der Waals surface area contributed by atoms with Gasteiger partial charge in [-0.2, -0.15) is 0 Å². The number of piperidine rings is 1. The summed E-state index contributed by atoms with van der Waals surface area (Å²) in [5.74, 6) is 0.873. The number of hydrogen-bond donors (Lipinski definition) is 2. The molecule has 2 fully saturated rings. The van der Waals surface area contributed by atoms with Gasteiger partial charge in [0.25, 0.3) is 0 Å². The predicted molar refractivity (Wildman–Crippen MR) is 114 cm³/mol. The van der Waals surface area contributed by atoms with Gasteiger partial charge in [0.2, 0.25) is 5.91 Å². The molecule has 154 valence electrons. The summed E-state index contributed by atoms with van der Waals surface area (Å²) in [4.78, 5) is 15.1. The Balaban J connectivity index is 0.00000182. The third kappa shape index (κ3) is 5.98. The maximum absolute atomic E-state index is 12.6. The maximum Gasteiger partial charge on any atom is 0.240 e. The highest BCUT2D eigenvalue weighted by molar-refractivity contribution is 5.86. The molecule has 1 aromatic carbocycles. The van der Waals surface area contributed by atoms with Gasteiger partial charge in [0.1, 0.15) is 5.75 Å². The number of nitrogens with zero attached hydrogens (tertiary/aromatic N) is 1. The number of benzene rings is 1. The number of nitrogens with two attached hydrogens (primary N) is 1. The molecule has 0 bridgehead atoms. The van der Waals surface area contributed by atoms with E-state index in [1.165, 1.54) is 24.8 Å². The summed E-state index contributed by atoms with van der Waals surface area (Å²) in [6, 6.07) is 8.40. The molecule has 1 aromatic rings. The first kappa shape index (κ1) is 24.0. The van der Waals surface area contributed by atoms with Gasteiger partial charge in [-0.25, -0.2) is 0 Å². The quantitative estimate of drug-likeness (QED) is 0.743. The minimum absolute atomic E-state index is 0. The molecule has 2 aliphatic rings. The molecule has 1 saturated carbocycles. The summed E-state index contributed by atoms with van der Waals surface area (Å²) >= 11 is 0. The molecule has 7 heteroatoms. The molecule has 1 atom stereocenters. The molecule has 27 heavy (non-hydrogen) atoms. The third-order valence-electron chi connectivity index (χ3n) is 5.74. The second-order valence-corrected chi connectivity index (χ2v) is 7.46. The largest absolute Gasteiger partial charge is 0.497 e. The SMILES string of the molecule is COc1ccc(C(CNC(=O)C2(N)CCCC2)N2CCCCC2)cc1.Cl.Cl. The monoisotopic (exact) mass is 417 g/mol. The van der Waals surface area contributed by atoms with Crippen LogP contribution < -0.4 is 15.8 Å². The van der Waals surface area contributed by atoms with Gasteiger partial charge in [0.15, 0.2) is 0 Å². The van der Waals surface area contributed by atoms with E-state index in [2.05, 4.69) is 22.3 Å². The van der Waals surface area contributed by atoms with Gasteiger partial charge in [0, 0.05) is 6.54 Å². The van der Waals surface area contributed by atoms with Crippen molar-refractivity contribution < 1.29 is 9.53 Å². The summed E-state index contributed by atoms with van der Waals surface area (Å²) in [6.45, 7) is 2.78. The van der Waals surface area contributed by atoms with Crippen LogP contribution in [0.1, 0.15) is 56.6 Å². The van der Waals surface area contributed by atoms with E-state index >= 15 is 0 Å². The number of rotatable bonds is 6. The molecule has 1 unspecified atom stereocenters. The van der Waals surface area contributed by atoms with Crippen LogP contribution in [0, 0.1) is 0 Å². The Labute approximate surface area is 175 Å². The number of methoxy groups -OCH3 is 1. The molecule has 1 aliphatic heterocycles. The van der Waals surface area contributed by atoms with Crippen molar-refractivity contribution in [2.75, 3.05) is 26.7 Å². The molecule has 3 N–H and O–H groups in total. The Morgan fingerprint density at radius 1 is 1.11 bits per heavy atom. The first-order valence-corrected chi connectivity index (χ1v) is 9.57. The van der Waals surface area contributed by atoms with E-state index in [1.54, 1.807) is 7.11 Å². The Morgan fingerprint density at radius 2 is 1.70 bits per heavy atom.